The fourth-order valence-electron chi connectivity index (χ4n) is 1.79. The third-order valence-corrected chi connectivity index (χ3v) is 3.08. The number of carbonyl (C=O) groups excluding carboxylic acids is 1. The van der Waals surface area contributed by atoms with Crippen LogP contribution in [0.5, 0.6) is 11.5 Å². The number of hydrogen-bond donors (Lipinski definition) is 0. The van der Waals surface area contributed by atoms with Crippen molar-refractivity contribution < 1.29 is 19.0 Å². The van der Waals surface area contributed by atoms with Crippen molar-refractivity contribution >= 4 is 17.6 Å². The number of halogens is 1. The van der Waals surface area contributed by atoms with E-state index in [0.29, 0.717) is 28.8 Å². The topological polar surface area (TPSA) is 57.7 Å². The second-order valence-electron chi connectivity index (χ2n) is 4.36. The first-order valence-corrected chi connectivity index (χ1v) is 7.10. The monoisotopic (exact) mass is 321 g/mol. The maximum absolute atomic E-state index is 12.1. The van der Waals surface area contributed by atoms with Gasteiger partial charge in [0, 0.05) is 11.8 Å². The molecule has 1 aromatic carbocycles. The highest BCUT2D eigenvalue weighted by molar-refractivity contribution is 6.29. The van der Waals surface area contributed by atoms with Gasteiger partial charge in [-0.05, 0) is 31.2 Å². The standard InChI is InChI=1S/C16H16ClNO4/c1-3-21-13-6-5-12(8-14(13)20-2)16(19)22-10-11-4-7-15(17)18-9-11/h4-9H,3,10H2,1-2H3. The Labute approximate surface area is 133 Å². The van der Waals surface area contributed by atoms with Gasteiger partial charge < -0.3 is 14.2 Å². The number of ether oxygens (including phenoxy) is 3. The largest absolute Gasteiger partial charge is 0.493 e. The number of nitrogens with zero attached hydrogens (tertiary/aromatic N) is 1. The summed E-state index contributed by atoms with van der Waals surface area (Å²) in [6.45, 7) is 2.52. The van der Waals surface area contributed by atoms with Crippen LogP contribution >= 0.6 is 11.6 Å². The third kappa shape index (κ3) is 4.11. The van der Waals surface area contributed by atoms with E-state index in [0.717, 1.165) is 5.56 Å². The fraction of sp³-hybridized carbons (Fsp3) is 0.250. The number of aromatic nitrogens is 1. The average Bonchev–Trinajstić information content (AvgIpc) is 2.54. The molecule has 0 bridgehead atoms. The van der Waals surface area contributed by atoms with Gasteiger partial charge in [-0.25, -0.2) is 9.78 Å². The summed E-state index contributed by atoms with van der Waals surface area (Å²) in [6, 6.07) is 8.30. The Hall–Kier alpha value is -2.27. The summed E-state index contributed by atoms with van der Waals surface area (Å²) in [5, 5.41) is 0.395. The normalized spacial score (nSPS) is 10.1. The first-order valence-electron chi connectivity index (χ1n) is 6.72. The molecule has 1 aromatic heterocycles. The van der Waals surface area contributed by atoms with E-state index in [1.165, 1.54) is 7.11 Å². The zero-order valence-electron chi connectivity index (χ0n) is 12.3. The lowest BCUT2D eigenvalue weighted by molar-refractivity contribution is 0.0472. The second-order valence-corrected chi connectivity index (χ2v) is 4.75. The molecule has 0 aliphatic heterocycles. The van der Waals surface area contributed by atoms with Gasteiger partial charge >= 0.3 is 5.97 Å². The van der Waals surface area contributed by atoms with Gasteiger partial charge in [0.05, 0.1) is 19.3 Å². The van der Waals surface area contributed by atoms with Crippen LogP contribution in [-0.2, 0) is 11.3 Å². The van der Waals surface area contributed by atoms with Gasteiger partial charge in [0.1, 0.15) is 11.8 Å². The van der Waals surface area contributed by atoms with Crippen LogP contribution < -0.4 is 9.47 Å². The third-order valence-electron chi connectivity index (χ3n) is 2.86. The Morgan fingerprint density at radius 1 is 1.23 bits per heavy atom. The fourth-order valence-corrected chi connectivity index (χ4v) is 1.91. The van der Waals surface area contributed by atoms with Crippen LogP contribution in [0.25, 0.3) is 0 Å². The highest BCUT2D eigenvalue weighted by atomic mass is 35.5. The van der Waals surface area contributed by atoms with E-state index in [9.17, 15) is 4.79 Å². The highest BCUT2D eigenvalue weighted by Crippen LogP contribution is 2.28. The summed E-state index contributed by atoms with van der Waals surface area (Å²) in [6.07, 6.45) is 1.56. The molecular weight excluding hydrogens is 306 g/mol. The van der Waals surface area contributed by atoms with E-state index >= 15 is 0 Å². The molecule has 0 saturated carbocycles. The van der Waals surface area contributed by atoms with Crippen LogP contribution in [0.4, 0.5) is 0 Å². The Bertz CT molecular complexity index is 643. The van der Waals surface area contributed by atoms with E-state index in [4.69, 9.17) is 25.8 Å². The molecule has 0 spiro atoms. The molecule has 0 N–H and O–H groups in total. The van der Waals surface area contributed by atoms with E-state index in [-0.39, 0.29) is 6.61 Å². The molecule has 0 aliphatic carbocycles. The van der Waals surface area contributed by atoms with Crippen LogP contribution in [0.3, 0.4) is 0 Å². The number of hydrogen-bond acceptors (Lipinski definition) is 5. The number of benzene rings is 1. The van der Waals surface area contributed by atoms with Gasteiger partial charge in [-0.3, -0.25) is 0 Å². The lowest BCUT2D eigenvalue weighted by atomic mass is 10.2. The highest BCUT2D eigenvalue weighted by Gasteiger charge is 2.12. The molecule has 0 amide bonds. The summed E-state index contributed by atoms with van der Waals surface area (Å²) in [5.41, 5.74) is 1.15. The van der Waals surface area contributed by atoms with Crippen molar-refractivity contribution in [1.29, 1.82) is 0 Å². The zero-order valence-corrected chi connectivity index (χ0v) is 13.1. The van der Waals surface area contributed by atoms with Gasteiger partial charge in [-0.15, -0.1) is 0 Å². The maximum Gasteiger partial charge on any atom is 0.338 e. The lowest BCUT2D eigenvalue weighted by Gasteiger charge is -2.11. The molecule has 5 nitrogen and oxygen atoms in total. The summed E-state index contributed by atoms with van der Waals surface area (Å²) >= 11 is 5.70. The van der Waals surface area contributed by atoms with Gasteiger partial charge in [-0.1, -0.05) is 17.7 Å². The molecule has 0 unspecified atom stereocenters. The number of pyridine rings is 1. The molecule has 116 valence electrons. The zero-order chi connectivity index (χ0) is 15.9. The predicted molar refractivity (Wildman–Crippen MR) is 82.5 cm³/mol. The quantitative estimate of drug-likeness (QED) is 0.602. The number of rotatable bonds is 6. The Kier molecular flexibility index (Phi) is 5.61. The van der Waals surface area contributed by atoms with Crippen LogP contribution in [0.1, 0.15) is 22.8 Å². The van der Waals surface area contributed by atoms with Crippen LogP contribution in [0.15, 0.2) is 36.5 Å². The van der Waals surface area contributed by atoms with Crippen molar-refractivity contribution in [2.45, 2.75) is 13.5 Å². The van der Waals surface area contributed by atoms with Gasteiger partial charge in [0.2, 0.25) is 0 Å². The lowest BCUT2D eigenvalue weighted by Crippen LogP contribution is -2.06. The van der Waals surface area contributed by atoms with E-state index in [2.05, 4.69) is 4.98 Å². The minimum Gasteiger partial charge on any atom is -0.493 e. The smallest absolute Gasteiger partial charge is 0.338 e. The van der Waals surface area contributed by atoms with Crippen molar-refractivity contribution in [3.8, 4) is 11.5 Å². The Morgan fingerprint density at radius 2 is 2.05 bits per heavy atom. The summed E-state index contributed by atoms with van der Waals surface area (Å²) < 4.78 is 15.8. The Morgan fingerprint density at radius 3 is 2.68 bits per heavy atom. The molecule has 2 rings (SSSR count). The van der Waals surface area contributed by atoms with Gasteiger partial charge in [0.25, 0.3) is 0 Å². The predicted octanol–water partition coefficient (Wildman–Crippen LogP) is 3.50. The molecule has 0 atom stereocenters. The molecule has 0 radical (unpaired) electrons. The van der Waals surface area contributed by atoms with Crippen LogP contribution in [0.2, 0.25) is 5.15 Å². The molecule has 2 aromatic rings. The molecular formula is C16H16ClNO4. The number of carbonyl (C=O) groups is 1. The second kappa shape index (κ2) is 7.66. The summed E-state index contributed by atoms with van der Waals surface area (Å²) in [4.78, 5) is 16.0. The summed E-state index contributed by atoms with van der Waals surface area (Å²) in [5.74, 6) is 0.629. The molecule has 6 heteroatoms. The van der Waals surface area contributed by atoms with Gasteiger partial charge in [0.15, 0.2) is 11.5 Å². The van der Waals surface area contributed by atoms with Crippen LogP contribution in [-0.4, -0.2) is 24.7 Å². The number of esters is 1. The molecule has 0 fully saturated rings. The minimum absolute atomic E-state index is 0.124. The van der Waals surface area contributed by atoms with E-state index in [1.54, 1.807) is 36.5 Å². The average molecular weight is 322 g/mol. The molecule has 1 heterocycles. The molecule has 22 heavy (non-hydrogen) atoms. The molecule has 0 saturated heterocycles. The Balaban J connectivity index is 2.04. The van der Waals surface area contributed by atoms with Crippen molar-refractivity contribution in [2.75, 3.05) is 13.7 Å². The molecule has 0 aliphatic rings. The maximum atomic E-state index is 12.1. The first kappa shape index (κ1) is 16.1. The minimum atomic E-state index is -0.448. The van der Waals surface area contributed by atoms with E-state index in [1.807, 2.05) is 6.92 Å². The summed E-state index contributed by atoms with van der Waals surface area (Å²) in [7, 11) is 1.52. The van der Waals surface area contributed by atoms with Crippen LogP contribution in [0, 0.1) is 0 Å². The first-order chi connectivity index (χ1) is 10.6. The van der Waals surface area contributed by atoms with Gasteiger partial charge in [-0.2, -0.15) is 0 Å². The van der Waals surface area contributed by atoms with Crippen molar-refractivity contribution in [3.63, 3.8) is 0 Å². The SMILES string of the molecule is CCOc1ccc(C(=O)OCc2ccc(Cl)nc2)cc1OC. The van der Waals surface area contributed by atoms with Crippen molar-refractivity contribution in [3.05, 3.63) is 52.8 Å². The number of methoxy groups -OCH3 is 1. The van der Waals surface area contributed by atoms with Crippen molar-refractivity contribution in [1.82, 2.24) is 4.98 Å². The van der Waals surface area contributed by atoms with E-state index < -0.39 is 5.97 Å². The van der Waals surface area contributed by atoms with Crippen molar-refractivity contribution in [2.24, 2.45) is 0 Å².